The molecular weight excluding hydrogens is 314 g/mol. The minimum Gasteiger partial charge on any atom is -0.493 e. The second kappa shape index (κ2) is 9.87. The van der Waals surface area contributed by atoms with E-state index in [1.807, 2.05) is 49.4 Å². The predicted molar refractivity (Wildman–Crippen MR) is 101 cm³/mol. The van der Waals surface area contributed by atoms with Gasteiger partial charge in [0.2, 0.25) is 0 Å². The van der Waals surface area contributed by atoms with Gasteiger partial charge >= 0.3 is 0 Å². The van der Waals surface area contributed by atoms with Gasteiger partial charge in [-0.25, -0.2) is 0 Å². The zero-order chi connectivity index (χ0) is 18.1. The summed E-state index contributed by atoms with van der Waals surface area (Å²) in [6, 6.07) is 13.7. The number of aliphatic hydroxyl groups is 1. The molecule has 0 saturated heterocycles. The number of rotatable bonds is 10. The molecular formula is C21H27NO3. The first-order chi connectivity index (χ1) is 12.2. The largest absolute Gasteiger partial charge is 0.493 e. The topological polar surface area (TPSA) is 50.7 Å². The van der Waals surface area contributed by atoms with Crippen LogP contribution in [0.3, 0.4) is 0 Å². The summed E-state index contributed by atoms with van der Waals surface area (Å²) >= 11 is 0. The molecule has 0 bridgehead atoms. The lowest BCUT2D eigenvalue weighted by Crippen LogP contribution is -2.21. The van der Waals surface area contributed by atoms with Gasteiger partial charge in [-0.3, -0.25) is 0 Å². The highest BCUT2D eigenvalue weighted by molar-refractivity contribution is 5.50. The molecule has 4 nitrogen and oxygen atoms in total. The Balaban J connectivity index is 2.06. The summed E-state index contributed by atoms with van der Waals surface area (Å²) in [5.41, 5.74) is 3.04. The van der Waals surface area contributed by atoms with E-state index in [1.165, 1.54) is 0 Å². The molecule has 25 heavy (non-hydrogen) atoms. The summed E-state index contributed by atoms with van der Waals surface area (Å²) in [5.74, 6) is 1.50. The van der Waals surface area contributed by atoms with Crippen LogP contribution < -0.4 is 14.8 Å². The molecule has 0 amide bonds. The molecule has 0 spiro atoms. The van der Waals surface area contributed by atoms with E-state index < -0.39 is 6.10 Å². The van der Waals surface area contributed by atoms with Crippen LogP contribution in [0, 0.1) is 0 Å². The van der Waals surface area contributed by atoms with Crippen molar-refractivity contribution in [1.82, 2.24) is 5.32 Å². The predicted octanol–water partition coefficient (Wildman–Crippen LogP) is 3.65. The zero-order valence-electron chi connectivity index (χ0n) is 15.0. The minimum atomic E-state index is -0.529. The Hall–Kier alpha value is -2.30. The fraction of sp³-hybridized carbons (Fsp3) is 0.333. The van der Waals surface area contributed by atoms with Crippen molar-refractivity contribution < 1.29 is 14.6 Å². The zero-order valence-corrected chi connectivity index (χ0v) is 15.0. The SMILES string of the molecule is C=CCc1cc(CNCC(O)c2ccccc2)cc(OC)c1OCC. The first kappa shape index (κ1) is 19.0. The van der Waals surface area contributed by atoms with Crippen molar-refractivity contribution in [1.29, 1.82) is 0 Å². The van der Waals surface area contributed by atoms with Crippen molar-refractivity contribution in [3.8, 4) is 11.5 Å². The molecule has 4 heteroatoms. The molecule has 0 radical (unpaired) electrons. The molecule has 0 aliphatic carbocycles. The monoisotopic (exact) mass is 341 g/mol. The summed E-state index contributed by atoms with van der Waals surface area (Å²) < 4.78 is 11.2. The number of allylic oxidation sites excluding steroid dienone is 1. The second-order valence-electron chi connectivity index (χ2n) is 5.77. The smallest absolute Gasteiger partial charge is 0.164 e. The molecule has 0 aliphatic rings. The van der Waals surface area contributed by atoms with Gasteiger partial charge in [-0.05, 0) is 30.5 Å². The van der Waals surface area contributed by atoms with Crippen LogP contribution in [-0.2, 0) is 13.0 Å². The maximum absolute atomic E-state index is 10.2. The third-order valence-corrected chi connectivity index (χ3v) is 3.92. The van der Waals surface area contributed by atoms with Gasteiger partial charge in [0.05, 0.1) is 19.8 Å². The van der Waals surface area contributed by atoms with Crippen molar-refractivity contribution in [2.75, 3.05) is 20.3 Å². The van der Waals surface area contributed by atoms with Crippen LogP contribution in [-0.4, -0.2) is 25.4 Å². The van der Waals surface area contributed by atoms with Gasteiger partial charge in [0.1, 0.15) is 0 Å². The van der Waals surface area contributed by atoms with Crippen molar-refractivity contribution in [2.24, 2.45) is 0 Å². The van der Waals surface area contributed by atoms with Crippen LogP contribution in [0.15, 0.2) is 55.1 Å². The van der Waals surface area contributed by atoms with E-state index >= 15 is 0 Å². The van der Waals surface area contributed by atoms with Gasteiger partial charge < -0.3 is 19.9 Å². The lowest BCUT2D eigenvalue weighted by molar-refractivity contribution is 0.174. The highest BCUT2D eigenvalue weighted by Crippen LogP contribution is 2.33. The number of hydrogen-bond acceptors (Lipinski definition) is 4. The lowest BCUT2D eigenvalue weighted by atomic mass is 10.0. The molecule has 2 N–H and O–H groups in total. The van der Waals surface area contributed by atoms with Crippen LogP contribution in [0.1, 0.15) is 29.7 Å². The Morgan fingerprint density at radius 2 is 2.00 bits per heavy atom. The third-order valence-electron chi connectivity index (χ3n) is 3.92. The van der Waals surface area contributed by atoms with Crippen molar-refractivity contribution in [3.63, 3.8) is 0 Å². The molecule has 0 heterocycles. The molecule has 2 rings (SSSR count). The van der Waals surface area contributed by atoms with Crippen LogP contribution in [0.25, 0.3) is 0 Å². The summed E-state index contributed by atoms with van der Waals surface area (Å²) in [4.78, 5) is 0. The molecule has 0 fully saturated rings. The molecule has 134 valence electrons. The number of methoxy groups -OCH3 is 1. The molecule has 1 atom stereocenters. The molecule has 1 unspecified atom stereocenters. The highest BCUT2D eigenvalue weighted by atomic mass is 16.5. The molecule has 0 saturated carbocycles. The van der Waals surface area contributed by atoms with E-state index in [4.69, 9.17) is 9.47 Å². The highest BCUT2D eigenvalue weighted by Gasteiger charge is 2.13. The normalized spacial score (nSPS) is 11.8. The van der Waals surface area contributed by atoms with E-state index in [9.17, 15) is 5.11 Å². The van der Waals surface area contributed by atoms with E-state index in [0.717, 1.165) is 28.2 Å². The van der Waals surface area contributed by atoms with E-state index in [0.29, 0.717) is 26.1 Å². The molecule has 0 aromatic heterocycles. The number of ether oxygens (including phenoxy) is 2. The average molecular weight is 341 g/mol. The molecule has 2 aromatic rings. The first-order valence-electron chi connectivity index (χ1n) is 8.56. The van der Waals surface area contributed by atoms with Gasteiger partial charge in [0.15, 0.2) is 11.5 Å². The van der Waals surface area contributed by atoms with Crippen LogP contribution in [0.2, 0.25) is 0 Å². The number of hydrogen-bond donors (Lipinski definition) is 2. The summed E-state index contributed by atoms with van der Waals surface area (Å²) in [5, 5.41) is 13.5. The van der Waals surface area contributed by atoms with Crippen LogP contribution in [0.5, 0.6) is 11.5 Å². The summed E-state index contributed by atoms with van der Waals surface area (Å²) in [7, 11) is 1.64. The average Bonchev–Trinajstić information content (AvgIpc) is 2.64. The first-order valence-corrected chi connectivity index (χ1v) is 8.56. The molecule has 0 aliphatic heterocycles. The Bertz CT molecular complexity index is 670. The third kappa shape index (κ3) is 5.34. The van der Waals surface area contributed by atoms with E-state index in [-0.39, 0.29) is 0 Å². The van der Waals surface area contributed by atoms with Crippen LogP contribution >= 0.6 is 0 Å². The van der Waals surface area contributed by atoms with E-state index in [2.05, 4.69) is 18.0 Å². The maximum atomic E-state index is 10.2. The van der Waals surface area contributed by atoms with Gasteiger partial charge in [0, 0.05) is 18.7 Å². The Kier molecular flexibility index (Phi) is 7.51. The number of aliphatic hydroxyl groups excluding tert-OH is 1. The Morgan fingerprint density at radius 3 is 2.64 bits per heavy atom. The van der Waals surface area contributed by atoms with Crippen LogP contribution in [0.4, 0.5) is 0 Å². The van der Waals surface area contributed by atoms with Crippen molar-refractivity contribution >= 4 is 0 Å². The molecule has 2 aromatic carbocycles. The quantitative estimate of drug-likeness (QED) is 0.648. The van der Waals surface area contributed by atoms with Gasteiger partial charge in [0.25, 0.3) is 0 Å². The summed E-state index contributed by atoms with van der Waals surface area (Å²) in [6.45, 7) is 7.48. The fourth-order valence-electron chi connectivity index (χ4n) is 2.74. The van der Waals surface area contributed by atoms with Gasteiger partial charge in [-0.15, -0.1) is 6.58 Å². The van der Waals surface area contributed by atoms with E-state index in [1.54, 1.807) is 7.11 Å². The van der Waals surface area contributed by atoms with Gasteiger partial charge in [-0.2, -0.15) is 0 Å². The second-order valence-corrected chi connectivity index (χ2v) is 5.77. The van der Waals surface area contributed by atoms with Gasteiger partial charge in [-0.1, -0.05) is 42.5 Å². The lowest BCUT2D eigenvalue weighted by Gasteiger charge is -2.17. The Labute approximate surface area is 150 Å². The van der Waals surface area contributed by atoms with Crippen molar-refractivity contribution in [2.45, 2.75) is 26.0 Å². The Morgan fingerprint density at radius 1 is 1.24 bits per heavy atom. The standard InChI is InChI=1S/C21H27NO3/c1-4-9-18-12-16(13-20(24-3)21(18)25-5-2)14-22-15-19(23)17-10-7-6-8-11-17/h4,6-8,10-13,19,22-23H,1,5,9,14-15H2,2-3H3. The summed E-state index contributed by atoms with van der Waals surface area (Å²) in [6.07, 6.45) is 2.04. The van der Waals surface area contributed by atoms with Crippen molar-refractivity contribution in [3.05, 3.63) is 71.8 Å². The minimum absolute atomic E-state index is 0.482. The fourth-order valence-corrected chi connectivity index (χ4v) is 2.74. The number of benzene rings is 2. The number of nitrogens with one attached hydrogen (secondary N) is 1. The maximum Gasteiger partial charge on any atom is 0.164 e.